The maximum absolute atomic E-state index is 11.9. The molecule has 0 saturated carbocycles. The molecule has 0 saturated heterocycles. The van der Waals surface area contributed by atoms with Crippen LogP contribution in [0.3, 0.4) is 0 Å². The average Bonchev–Trinajstić information content (AvgIpc) is 1.91. The summed E-state index contributed by atoms with van der Waals surface area (Å²) in [5, 5.41) is 4.78. The van der Waals surface area contributed by atoms with Crippen LogP contribution in [-0.4, -0.2) is 10.2 Å². The van der Waals surface area contributed by atoms with Gasteiger partial charge in [0.15, 0.2) is 10.5 Å². The standard InChI is InChI=1S/C3H3FN2S/c4-2-1-5-6-3(2)7/h1H,(H2,5,6,7). The second-order valence-electron chi connectivity index (χ2n) is 1.09. The number of H-pyrrole nitrogens is 2. The van der Waals surface area contributed by atoms with Gasteiger partial charge in [0.1, 0.15) is 0 Å². The van der Waals surface area contributed by atoms with Crippen LogP contribution in [-0.2, 0) is 0 Å². The fourth-order valence-corrected chi connectivity index (χ4v) is 0.408. The van der Waals surface area contributed by atoms with Gasteiger partial charge in [-0.25, -0.2) is 4.39 Å². The molecule has 2 nitrogen and oxygen atoms in total. The Morgan fingerprint density at radius 2 is 2.43 bits per heavy atom. The molecule has 0 aliphatic heterocycles. The monoisotopic (exact) mass is 118 g/mol. The van der Waals surface area contributed by atoms with Crippen molar-refractivity contribution < 1.29 is 4.39 Å². The summed E-state index contributed by atoms with van der Waals surface area (Å²) >= 11 is 4.42. The van der Waals surface area contributed by atoms with E-state index in [1.165, 1.54) is 6.20 Å². The van der Waals surface area contributed by atoms with E-state index in [0.717, 1.165) is 0 Å². The van der Waals surface area contributed by atoms with Gasteiger partial charge >= 0.3 is 0 Å². The third-order valence-electron chi connectivity index (χ3n) is 0.602. The van der Waals surface area contributed by atoms with Gasteiger partial charge in [-0.2, -0.15) is 0 Å². The van der Waals surface area contributed by atoms with Gasteiger partial charge in [-0.3, -0.25) is 5.10 Å². The molecule has 0 radical (unpaired) electrons. The molecule has 0 aromatic carbocycles. The highest BCUT2D eigenvalue weighted by Crippen LogP contribution is 1.90. The van der Waals surface area contributed by atoms with Crippen molar-refractivity contribution in [2.45, 2.75) is 0 Å². The zero-order valence-electron chi connectivity index (χ0n) is 3.36. The maximum atomic E-state index is 11.9. The van der Waals surface area contributed by atoms with Crippen molar-refractivity contribution in [1.29, 1.82) is 0 Å². The molecule has 0 spiro atoms. The van der Waals surface area contributed by atoms with Gasteiger partial charge in [-0.05, 0) is 0 Å². The summed E-state index contributed by atoms with van der Waals surface area (Å²) in [7, 11) is 0. The van der Waals surface area contributed by atoms with Crippen LogP contribution in [0.4, 0.5) is 4.39 Å². The molecule has 0 amide bonds. The number of halogens is 1. The molecule has 1 rings (SSSR count). The SMILES string of the molecule is Fc1c[nH][nH]c1=S. The van der Waals surface area contributed by atoms with Crippen molar-refractivity contribution in [3.8, 4) is 0 Å². The maximum Gasteiger partial charge on any atom is 0.176 e. The first-order valence-electron chi connectivity index (χ1n) is 1.72. The highest BCUT2D eigenvalue weighted by molar-refractivity contribution is 7.71. The number of nitrogens with one attached hydrogen (secondary N) is 2. The summed E-state index contributed by atoms with van der Waals surface area (Å²) in [6.07, 6.45) is 1.17. The third kappa shape index (κ3) is 0.691. The lowest BCUT2D eigenvalue weighted by Gasteiger charge is -1.62. The van der Waals surface area contributed by atoms with Crippen LogP contribution in [0.2, 0.25) is 0 Å². The van der Waals surface area contributed by atoms with Crippen molar-refractivity contribution in [3.63, 3.8) is 0 Å². The Morgan fingerprint density at radius 1 is 1.71 bits per heavy atom. The molecule has 1 aromatic heterocycles. The Labute approximate surface area is 44.4 Å². The van der Waals surface area contributed by atoms with E-state index in [1.807, 2.05) is 0 Å². The molecule has 4 heteroatoms. The van der Waals surface area contributed by atoms with E-state index in [0.29, 0.717) is 0 Å². The average molecular weight is 118 g/mol. The minimum absolute atomic E-state index is 0.125. The minimum atomic E-state index is -0.407. The van der Waals surface area contributed by atoms with Gasteiger partial charge in [0.05, 0.1) is 6.20 Å². The molecular weight excluding hydrogens is 115 g/mol. The quantitative estimate of drug-likeness (QED) is 0.493. The van der Waals surface area contributed by atoms with Crippen LogP contribution in [0, 0.1) is 10.5 Å². The van der Waals surface area contributed by atoms with E-state index < -0.39 is 5.82 Å². The topological polar surface area (TPSA) is 31.6 Å². The molecule has 0 aliphatic carbocycles. The highest BCUT2D eigenvalue weighted by Gasteiger charge is 1.87. The van der Waals surface area contributed by atoms with Crippen molar-refractivity contribution in [3.05, 3.63) is 16.7 Å². The Balaban J connectivity index is 3.39. The number of aromatic amines is 2. The molecule has 1 aromatic rings. The molecule has 2 N–H and O–H groups in total. The normalized spacial score (nSPS) is 9.29. The van der Waals surface area contributed by atoms with Crippen molar-refractivity contribution in [1.82, 2.24) is 10.2 Å². The molecular formula is C3H3FN2S. The van der Waals surface area contributed by atoms with E-state index in [1.54, 1.807) is 0 Å². The first-order valence-corrected chi connectivity index (χ1v) is 2.13. The second-order valence-corrected chi connectivity index (χ2v) is 1.50. The van der Waals surface area contributed by atoms with Crippen LogP contribution >= 0.6 is 12.2 Å². The zero-order chi connectivity index (χ0) is 5.28. The van der Waals surface area contributed by atoms with Crippen LogP contribution in [0.25, 0.3) is 0 Å². The minimum Gasteiger partial charge on any atom is -0.304 e. The van der Waals surface area contributed by atoms with Crippen LogP contribution in [0.1, 0.15) is 0 Å². The number of hydrogen-bond acceptors (Lipinski definition) is 1. The van der Waals surface area contributed by atoms with E-state index in [9.17, 15) is 4.39 Å². The molecule has 0 fully saturated rings. The summed E-state index contributed by atoms with van der Waals surface area (Å²) < 4.78 is 12.0. The summed E-state index contributed by atoms with van der Waals surface area (Å²) in [6, 6.07) is 0. The van der Waals surface area contributed by atoms with Gasteiger partial charge in [0, 0.05) is 0 Å². The molecule has 0 aliphatic rings. The largest absolute Gasteiger partial charge is 0.304 e. The number of rotatable bonds is 0. The Morgan fingerprint density at radius 3 is 2.57 bits per heavy atom. The summed E-state index contributed by atoms with van der Waals surface area (Å²) in [5.41, 5.74) is 0. The summed E-state index contributed by atoms with van der Waals surface area (Å²) in [6.45, 7) is 0. The molecule has 0 atom stereocenters. The van der Waals surface area contributed by atoms with Gasteiger partial charge in [-0.15, -0.1) is 0 Å². The molecule has 0 bridgehead atoms. The third-order valence-corrected chi connectivity index (χ3v) is 0.899. The van der Waals surface area contributed by atoms with Gasteiger partial charge in [-0.1, -0.05) is 12.2 Å². The molecule has 38 valence electrons. The fourth-order valence-electron chi connectivity index (χ4n) is 0.290. The molecule has 7 heavy (non-hydrogen) atoms. The van der Waals surface area contributed by atoms with Crippen molar-refractivity contribution in [2.24, 2.45) is 0 Å². The first kappa shape index (κ1) is 4.52. The van der Waals surface area contributed by atoms with Crippen LogP contribution in [0.5, 0.6) is 0 Å². The lowest BCUT2D eigenvalue weighted by atomic mass is 10.7. The Kier molecular flexibility index (Phi) is 0.941. The predicted octanol–water partition coefficient (Wildman–Crippen LogP) is 1.21. The second kappa shape index (κ2) is 1.46. The van der Waals surface area contributed by atoms with E-state index >= 15 is 0 Å². The van der Waals surface area contributed by atoms with E-state index in [4.69, 9.17) is 0 Å². The number of hydrogen-bond donors (Lipinski definition) is 2. The smallest absolute Gasteiger partial charge is 0.176 e. The lowest BCUT2D eigenvalue weighted by molar-refractivity contribution is 0.624. The van der Waals surface area contributed by atoms with Crippen molar-refractivity contribution in [2.75, 3.05) is 0 Å². The Hall–Kier alpha value is -0.640. The fraction of sp³-hybridized carbons (Fsp3) is 0. The summed E-state index contributed by atoms with van der Waals surface area (Å²) in [5.74, 6) is -0.407. The van der Waals surface area contributed by atoms with Gasteiger partial charge in [0.25, 0.3) is 0 Å². The lowest BCUT2D eigenvalue weighted by Crippen LogP contribution is -1.61. The summed E-state index contributed by atoms with van der Waals surface area (Å²) in [4.78, 5) is 0. The number of aromatic nitrogens is 2. The Bertz CT molecular complexity index is 201. The molecule has 1 heterocycles. The van der Waals surface area contributed by atoms with Gasteiger partial charge in [0.2, 0.25) is 0 Å². The molecule has 0 unspecified atom stereocenters. The van der Waals surface area contributed by atoms with Crippen LogP contribution < -0.4 is 0 Å². The van der Waals surface area contributed by atoms with E-state index in [-0.39, 0.29) is 4.64 Å². The van der Waals surface area contributed by atoms with Crippen LogP contribution in [0.15, 0.2) is 6.20 Å². The zero-order valence-corrected chi connectivity index (χ0v) is 4.18. The van der Waals surface area contributed by atoms with Gasteiger partial charge < -0.3 is 5.10 Å². The van der Waals surface area contributed by atoms with E-state index in [2.05, 4.69) is 22.4 Å². The highest BCUT2D eigenvalue weighted by atomic mass is 32.1. The predicted molar refractivity (Wildman–Crippen MR) is 25.9 cm³/mol. The van der Waals surface area contributed by atoms with Crippen molar-refractivity contribution >= 4 is 12.2 Å². The first-order chi connectivity index (χ1) is 3.30.